The number of nitrogens with one attached hydrogen (secondary N) is 1. The molecule has 0 bridgehead atoms. The van der Waals surface area contributed by atoms with Crippen molar-refractivity contribution in [3.05, 3.63) is 48.3 Å². The van der Waals surface area contributed by atoms with Crippen LogP contribution in [0.1, 0.15) is 5.56 Å². The van der Waals surface area contributed by atoms with Crippen LogP contribution in [0.4, 0.5) is 24.5 Å². The maximum Gasteiger partial charge on any atom is 0.573 e. The average molecular weight is 279 g/mol. The molecule has 2 rings (SSSR count). The summed E-state index contributed by atoms with van der Waals surface area (Å²) in [6.45, 7) is 0. The molecule has 0 fully saturated rings. The fraction of sp³-hybridized carbons (Fsp3) is 0.0769. The van der Waals surface area contributed by atoms with Crippen LogP contribution in [0, 0.1) is 11.3 Å². The molecular weight excluding hydrogens is 271 g/mol. The predicted molar refractivity (Wildman–Crippen MR) is 65.4 cm³/mol. The number of nitrogens with zero attached hydrogens (tertiary/aromatic N) is 2. The lowest BCUT2D eigenvalue weighted by Gasteiger charge is -2.14. The lowest BCUT2D eigenvalue weighted by Crippen LogP contribution is -2.17. The average Bonchev–Trinajstić information content (AvgIpc) is 2.40. The topological polar surface area (TPSA) is 57.9 Å². The molecular formula is C13H8F3N3O. The Morgan fingerprint density at radius 3 is 2.60 bits per heavy atom. The Labute approximate surface area is 112 Å². The number of anilines is 2. The van der Waals surface area contributed by atoms with Crippen molar-refractivity contribution in [3.63, 3.8) is 0 Å². The third kappa shape index (κ3) is 3.38. The van der Waals surface area contributed by atoms with Gasteiger partial charge in [-0.05, 0) is 18.2 Å². The molecule has 0 aliphatic rings. The molecule has 7 heteroatoms. The third-order valence-electron chi connectivity index (χ3n) is 2.32. The molecule has 0 amide bonds. The van der Waals surface area contributed by atoms with E-state index >= 15 is 0 Å². The number of para-hydroxylation sites is 2. The highest BCUT2D eigenvalue weighted by Crippen LogP contribution is 2.32. The van der Waals surface area contributed by atoms with E-state index in [2.05, 4.69) is 15.0 Å². The number of halogens is 3. The van der Waals surface area contributed by atoms with Crippen LogP contribution in [0.25, 0.3) is 0 Å². The highest BCUT2D eigenvalue weighted by atomic mass is 19.4. The zero-order valence-corrected chi connectivity index (χ0v) is 9.98. The van der Waals surface area contributed by atoms with Gasteiger partial charge in [0.15, 0.2) is 5.75 Å². The maximum atomic E-state index is 12.3. The summed E-state index contributed by atoms with van der Waals surface area (Å²) in [7, 11) is 0. The van der Waals surface area contributed by atoms with Crippen molar-refractivity contribution in [2.45, 2.75) is 6.36 Å². The van der Waals surface area contributed by atoms with Gasteiger partial charge in [-0.2, -0.15) is 5.26 Å². The summed E-state index contributed by atoms with van der Waals surface area (Å²) in [5, 5.41) is 11.6. The van der Waals surface area contributed by atoms with Gasteiger partial charge in [-0.3, -0.25) is 4.98 Å². The quantitative estimate of drug-likeness (QED) is 0.932. The number of alkyl halides is 3. The second-order valence-electron chi connectivity index (χ2n) is 3.70. The smallest absolute Gasteiger partial charge is 0.404 e. The SMILES string of the molecule is N#Cc1ccncc1Nc1ccccc1OC(F)(F)F. The fourth-order valence-electron chi connectivity index (χ4n) is 1.52. The van der Waals surface area contributed by atoms with Crippen LogP contribution < -0.4 is 10.1 Å². The molecule has 0 aliphatic carbocycles. The second kappa shape index (κ2) is 5.48. The van der Waals surface area contributed by atoms with Crippen LogP contribution in [0.15, 0.2) is 42.7 Å². The van der Waals surface area contributed by atoms with Crippen LogP contribution in [-0.2, 0) is 0 Å². The van der Waals surface area contributed by atoms with Crippen molar-refractivity contribution in [3.8, 4) is 11.8 Å². The fourth-order valence-corrected chi connectivity index (χ4v) is 1.52. The van der Waals surface area contributed by atoms with E-state index in [-0.39, 0.29) is 17.0 Å². The summed E-state index contributed by atoms with van der Waals surface area (Å²) in [4.78, 5) is 3.82. The molecule has 102 valence electrons. The molecule has 2 aromatic rings. The molecule has 20 heavy (non-hydrogen) atoms. The number of nitriles is 1. The van der Waals surface area contributed by atoms with Crippen molar-refractivity contribution in [1.82, 2.24) is 4.98 Å². The van der Waals surface area contributed by atoms with Gasteiger partial charge < -0.3 is 10.1 Å². The Morgan fingerprint density at radius 2 is 1.90 bits per heavy atom. The number of rotatable bonds is 3. The van der Waals surface area contributed by atoms with Gasteiger partial charge in [0.25, 0.3) is 0 Å². The predicted octanol–water partition coefficient (Wildman–Crippen LogP) is 3.60. The molecule has 0 aliphatic heterocycles. The Morgan fingerprint density at radius 1 is 1.15 bits per heavy atom. The minimum atomic E-state index is -4.79. The lowest BCUT2D eigenvalue weighted by molar-refractivity contribution is -0.274. The molecule has 0 spiro atoms. The van der Waals surface area contributed by atoms with Crippen LogP contribution in [0.2, 0.25) is 0 Å². The summed E-state index contributed by atoms with van der Waals surface area (Å²) in [6.07, 6.45) is -2.02. The van der Waals surface area contributed by atoms with E-state index in [0.717, 1.165) is 0 Å². The van der Waals surface area contributed by atoms with Gasteiger partial charge in [-0.15, -0.1) is 13.2 Å². The van der Waals surface area contributed by atoms with Crippen LogP contribution >= 0.6 is 0 Å². The first-order valence-corrected chi connectivity index (χ1v) is 5.45. The second-order valence-corrected chi connectivity index (χ2v) is 3.70. The highest BCUT2D eigenvalue weighted by Gasteiger charge is 2.32. The summed E-state index contributed by atoms with van der Waals surface area (Å²) < 4.78 is 40.8. The van der Waals surface area contributed by atoms with E-state index < -0.39 is 6.36 Å². The number of hydrogen-bond acceptors (Lipinski definition) is 4. The molecule has 1 aromatic carbocycles. The van der Waals surface area contributed by atoms with E-state index in [9.17, 15) is 13.2 Å². The molecule has 1 heterocycles. The van der Waals surface area contributed by atoms with Gasteiger partial charge in [-0.1, -0.05) is 12.1 Å². The molecule has 0 saturated heterocycles. The first-order valence-electron chi connectivity index (χ1n) is 5.45. The zero-order valence-electron chi connectivity index (χ0n) is 9.98. The van der Waals surface area contributed by atoms with Crippen molar-refractivity contribution in [2.24, 2.45) is 0 Å². The van der Waals surface area contributed by atoms with Gasteiger partial charge in [0.1, 0.15) is 6.07 Å². The van der Waals surface area contributed by atoms with Crippen molar-refractivity contribution in [2.75, 3.05) is 5.32 Å². The zero-order chi connectivity index (χ0) is 14.6. The van der Waals surface area contributed by atoms with Gasteiger partial charge in [0, 0.05) is 6.20 Å². The Hall–Kier alpha value is -2.75. The minimum Gasteiger partial charge on any atom is -0.404 e. The first-order chi connectivity index (χ1) is 9.49. The molecule has 1 N–H and O–H groups in total. The summed E-state index contributed by atoms with van der Waals surface area (Å²) in [5.41, 5.74) is 0.657. The standard InChI is InChI=1S/C13H8F3N3O/c14-13(15,16)20-12-4-2-1-3-10(12)19-11-8-18-6-5-9(11)7-17/h1-6,8,19H. The number of aromatic nitrogens is 1. The van der Waals surface area contributed by atoms with Gasteiger partial charge in [0.2, 0.25) is 0 Å². The molecule has 0 saturated carbocycles. The molecule has 0 radical (unpaired) electrons. The van der Waals surface area contributed by atoms with E-state index in [1.54, 1.807) is 6.07 Å². The Kier molecular flexibility index (Phi) is 3.75. The summed E-state index contributed by atoms with van der Waals surface area (Å²) in [5.74, 6) is -0.382. The summed E-state index contributed by atoms with van der Waals surface area (Å²) >= 11 is 0. The summed E-state index contributed by atoms with van der Waals surface area (Å²) in [6, 6.07) is 8.93. The van der Waals surface area contributed by atoms with E-state index in [1.807, 2.05) is 6.07 Å². The Bertz CT molecular complexity index is 650. The molecule has 0 atom stereocenters. The monoisotopic (exact) mass is 279 g/mol. The van der Waals surface area contributed by atoms with Gasteiger partial charge in [-0.25, -0.2) is 0 Å². The van der Waals surface area contributed by atoms with E-state index in [4.69, 9.17) is 5.26 Å². The van der Waals surface area contributed by atoms with Crippen LogP contribution in [0.3, 0.4) is 0 Å². The van der Waals surface area contributed by atoms with Crippen LogP contribution in [0.5, 0.6) is 5.75 Å². The van der Waals surface area contributed by atoms with Crippen molar-refractivity contribution >= 4 is 11.4 Å². The normalized spacial score (nSPS) is 10.7. The molecule has 1 aromatic heterocycles. The number of ether oxygens (including phenoxy) is 1. The highest BCUT2D eigenvalue weighted by molar-refractivity contribution is 5.69. The largest absolute Gasteiger partial charge is 0.573 e. The van der Waals surface area contributed by atoms with Crippen molar-refractivity contribution in [1.29, 1.82) is 5.26 Å². The van der Waals surface area contributed by atoms with E-state index in [0.29, 0.717) is 5.69 Å². The van der Waals surface area contributed by atoms with Gasteiger partial charge in [0.05, 0.1) is 23.1 Å². The van der Waals surface area contributed by atoms with Gasteiger partial charge >= 0.3 is 6.36 Å². The number of benzene rings is 1. The maximum absolute atomic E-state index is 12.3. The molecule has 0 unspecified atom stereocenters. The van der Waals surface area contributed by atoms with E-state index in [1.165, 1.54) is 36.7 Å². The number of hydrogen-bond donors (Lipinski definition) is 1. The van der Waals surface area contributed by atoms with Crippen molar-refractivity contribution < 1.29 is 17.9 Å². The third-order valence-corrected chi connectivity index (χ3v) is 2.32. The molecule has 4 nitrogen and oxygen atoms in total. The Balaban J connectivity index is 2.32. The van der Waals surface area contributed by atoms with Crippen LogP contribution in [-0.4, -0.2) is 11.3 Å². The minimum absolute atomic E-state index is 0.0920. The first kappa shape index (κ1) is 13.7. The lowest BCUT2D eigenvalue weighted by atomic mass is 10.2. The number of pyridine rings is 1.